The van der Waals surface area contributed by atoms with Gasteiger partial charge in [0.25, 0.3) is 0 Å². The van der Waals surface area contributed by atoms with Crippen molar-refractivity contribution < 1.29 is 14.6 Å². The van der Waals surface area contributed by atoms with Crippen LogP contribution in [0.5, 0.6) is 0 Å². The Morgan fingerprint density at radius 1 is 1.18 bits per heavy atom. The molecule has 1 N–H and O–H groups in total. The molecule has 90 valence electrons. The molecule has 2 aliphatic rings. The van der Waals surface area contributed by atoms with Crippen LogP contribution >= 0.6 is 0 Å². The van der Waals surface area contributed by atoms with E-state index in [-0.39, 0.29) is 17.9 Å². The molecular formula is C14H16O3. The third-order valence-electron chi connectivity index (χ3n) is 3.83. The van der Waals surface area contributed by atoms with Crippen LogP contribution in [0.2, 0.25) is 0 Å². The minimum atomic E-state index is -0.480. The summed E-state index contributed by atoms with van der Waals surface area (Å²) in [6, 6.07) is 9.90. The quantitative estimate of drug-likeness (QED) is 0.860. The highest BCUT2D eigenvalue weighted by Gasteiger charge is 2.55. The van der Waals surface area contributed by atoms with Crippen LogP contribution in [-0.4, -0.2) is 23.1 Å². The van der Waals surface area contributed by atoms with Crippen molar-refractivity contribution >= 4 is 5.78 Å². The first-order valence-electron chi connectivity index (χ1n) is 6.13. The molecule has 0 aromatic heterocycles. The predicted octanol–water partition coefficient (Wildman–Crippen LogP) is 1.54. The van der Waals surface area contributed by atoms with Crippen molar-refractivity contribution in [3.05, 3.63) is 35.9 Å². The molecule has 3 rings (SSSR count). The minimum Gasteiger partial charge on any atom is -0.390 e. The molecule has 17 heavy (non-hydrogen) atoms. The molecule has 3 nitrogen and oxygen atoms in total. The maximum absolute atomic E-state index is 11.3. The summed E-state index contributed by atoms with van der Waals surface area (Å²) in [4.78, 5) is 11.3. The van der Waals surface area contributed by atoms with Gasteiger partial charge in [-0.05, 0) is 18.4 Å². The highest BCUT2D eigenvalue weighted by molar-refractivity contribution is 5.99. The summed E-state index contributed by atoms with van der Waals surface area (Å²) in [6.07, 6.45) is 0.620. The lowest BCUT2D eigenvalue weighted by molar-refractivity contribution is -0.112. The number of fused-ring (bicyclic) bond motifs is 1. The fourth-order valence-corrected chi connectivity index (χ4v) is 2.69. The second-order valence-corrected chi connectivity index (χ2v) is 4.99. The van der Waals surface area contributed by atoms with Gasteiger partial charge in [-0.3, -0.25) is 4.79 Å². The Morgan fingerprint density at radius 2 is 1.88 bits per heavy atom. The molecule has 4 atom stereocenters. The molecule has 1 aromatic carbocycles. The molecule has 0 unspecified atom stereocenters. The Kier molecular flexibility index (Phi) is 2.73. The summed E-state index contributed by atoms with van der Waals surface area (Å²) in [5, 5.41) is 9.88. The van der Waals surface area contributed by atoms with Crippen molar-refractivity contribution in [1.82, 2.24) is 0 Å². The number of Topliss-reactive ketones (excluding diaryl/α,β-unsaturated/α-hetero) is 1. The van der Waals surface area contributed by atoms with Gasteiger partial charge in [0, 0.05) is 11.8 Å². The molecule has 0 heterocycles. The molecule has 3 heteroatoms. The maximum Gasteiger partial charge on any atom is 0.140 e. The van der Waals surface area contributed by atoms with Crippen molar-refractivity contribution in [2.45, 2.75) is 31.7 Å². The molecule has 2 fully saturated rings. The topological polar surface area (TPSA) is 46.5 Å². The van der Waals surface area contributed by atoms with Crippen molar-refractivity contribution in [2.24, 2.45) is 11.8 Å². The van der Waals surface area contributed by atoms with E-state index in [1.165, 1.54) is 0 Å². The first kappa shape index (κ1) is 10.9. The highest BCUT2D eigenvalue weighted by Crippen LogP contribution is 2.46. The van der Waals surface area contributed by atoms with Gasteiger partial charge in [-0.25, -0.2) is 0 Å². The van der Waals surface area contributed by atoms with Gasteiger partial charge < -0.3 is 9.84 Å². The largest absolute Gasteiger partial charge is 0.390 e. The average molecular weight is 232 g/mol. The number of aliphatic hydroxyl groups excluding tert-OH is 1. The molecule has 0 bridgehead atoms. The summed E-state index contributed by atoms with van der Waals surface area (Å²) in [7, 11) is 0. The van der Waals surface area contributed by atoms with Crippen LogP contribution in [0, 0.1) is 11.8 Å². The molecule has 0 saturated heterocycles. The summed E-state index contributed by atoms with van der Waals surface area (Å²) in [5.41, 5.74) is 1.10. The Labute approximate surface area is 100 Å². The van der Waals surface area contributed by atoms with Crippen LogP contribution in [-0.2, 0) is 16.1 Å². The van der Waals surface area contributed by atoms with Gasteiger partial charge in [-0.1, -0.05) is 30.3 Å². The van der Waals surface area contributed by atoms with Crippen LogP contribution in [0.1, 0.15) is 18.4 Å². The third kappa shape index (κ3) is 2.13. The second-order valence-electron chi connectivity index (χ2n) is 4.99. The lowest BCUT2D eigenvalue weighted by atomic mass is 9.95. The zero-order valence-electron chi connectivity index (χ0n) is 9.58. The van der Waals surface area contributed by atoms with E-state index in [4.69, 9.17) is 4.74 Å². The van der Waals surface area contributed by atoms with Crippen molar-refractivity contribution in [2.75, 3.05) is 0 Å². The normalized spacial score (nSPS) is 35.5. The van der Waals surface area contributed by atoms with Gasteiger partial charge in [0.2, 0.25) is 0 Å². The number of hydrogen-bond acceptors (Lipinski definition) is 3. The molecule has 2 saturated carbocycles. The van der Waals surface area contributed by atoms with E-state index in [2.05, 4.69) is 0 Å². The van der Waals surface area contributed by atoms with Crippen molar-refractivity contribution in [1.29, 1.82) is 0 Å². The first-order chi connectivity index (χ1) is 8.25. The van der Waals surface area contributed by atoms with Gasteiger partial charge in [-0.15, -0.1) is 0 Å². The number of aliphatic hydroxyl groups is 1. The Hall–Kier alpha value is -1.19. The monoisotopic (exact) mass is 232 g/mol. The van der Waals surface area contributed by atoms with Crippen molar-refractivity contribution in [3.63, 3.8) is 0 Å². The molecule has 1 aromatic rings. The fourth-order valence-electron chi connectivity index (χ4n) is 2.69. The minimum absolute atomic E-state index is 0.126. The first-order valence-corrected chi connectivity index (χ1v) is 6.13. The van der Waals surface area contributed by atoms with Crippen LogP contribution in [0.3, 0.4) is 0 Å². The predicted molar refractivity (Wildman–Crippen MR) is 62.2 cm³/mol. The van der Waals surface area contributed by atoms with E-state index in [1.807, 2.05) is 30.3 Å². The van der Waals surface area contributed by atoms with Crippen LogP contribution in [0.15, 0.2) is 30.3 Å². The Balaban J connectivity index is 1.57. The summed E-state index contributed by atoms with van der Waals surface area (Å²) in [6.45, 7) is 0.508. The van der Waals surface area contributed by atoms with Crippen LogP contribution in [0.25, 0.3) is 0 Å². The molecule has 0 radical (unpaired) electrons. The fraction of sp³-hybridized carbons (Fsp3) is 0.500. The molecule has 0 spiro atoms. The van der Waals surface area contributed by atoms with Crippen LogP contribution in [0.4, 0.5) is 0 Å². The van der Waals surface area contributed by atoms with Crippen molar-refractivity contribution in [3.8, 4) is 0 Å². The van der Waals surface area contributed by atoms with Crippen LogP contribution < -0.4 is 0 Å². The molecule has 0 aliphatic heterocycles. The van der Waals surface area contributed by atoms with E-state index in [0.717, 1.165) is 5.56 Å². The zero-order valence-corrected chi connectivity index (χ0v) is 9.58. The zero-order chi connectivity index (χ0) is 11.8. The number of rotatable bonds is 3. The third-order valence-corrected chi connectivity index (χ3v) is 3.83. The lowest BCUT2D eigenvalue weighted by Gasteiger charge is -2.26. The van der Waals surface area contributed by atoms with E-state index < -0.39 is 6.10 Å². The van der Waals surface area contributed by atoms with Gasteiger partial charge in [0.1, 0.15) is 5.78 Å². The molecule has 0 amide bonds. The average Bonchev–Trinajstić information content (AvgIpc) is 2.97. The number of ketones is 1. The number of benzene rings is 1. The second kappa shape index (κ2) is 4.24. The number of carbonyl (C=O) groups excluding carboxylic acids is 1. The smallest absolute Gasteiger partial charge is 0.140 e. The number of carbonyl (C=O) groups is 1. The van der Waals surface area contributed by atoms with E-state index in [1.54, 1.807) is 0 Å². The lowest BCUT2D eigenvalue weighted by Crippen LogP contribution is -2.33. The molecular weight excluding hydrogens is 216 g/mol. The summed E-state index contributed by atoms with van der Waals surface area (Å²) < 4.78 is 5.72. The van der Waals surface area contributed by atoms with E-state index >= 15 is 0 Å². The van der Waals surface area contributed by atoms with E-state index in [9.17, 15) is 9.90 Å². The number of ether oxygens (including phenoxy) is 1. The van der Waals surface area contributed by atoms with Gasteiger partial charge in [0.15, 0.2) is 0 Å². The van der Waals surface area contributed by atoms with Gasteiger partial charge >= 0.3 is 0 Å². The number of hydrogen-bond donors (Lipinski definition) is 1. The maximum atomic E-state index is 11.3. The van der Waals surface area contributed by atoms with E-state index in [0.29, 0.717) is 25.2 Å². The summed E-state index contributed by atoms with van der Waals surface area (Å²) in [5.74, 6) is 0.607. The summed E-state index contributed by atoms with van der Waals surface area (Å²) >= 11 is 0. The SMILES string of the molecule is O=C1[C@H]2C[C@@H](OCc3ccccc3)[C@@H](O)C[C@@H]12. The Morgan fingerprint density at radius 3 is 2.65 bits per heavy atom. The standard InChI is InChI=1S/C14H16O3/c15-12-6-10-11(14(10)16)7-13(12)17-8-9-4-2-1-3-5-9/h1-5,10-13,15H,6-8H2/t10-,11+,12+,13-/m1/s1. The highest BCUT2D eigenvalue weighted by atomic mass is 16.5. The van der Waals surface area contributed by atoms with Gasteiger partial charge in [-0.2, -0.15) is 0 Å². The molecule has 2 aliphatic carbocycles. The van der Waals surface area contributed by atoms with Gasteiger partial charge in [0.05, 0.1) is 18.8 Å². The Bertz CT molecular complexity index is 415.